The largest absolute Gasteiger partial charge is 0.375 e. The Hall–Kier alpha value is -0.680. The molecule has 5 atom stereocenters. The number of ether oxygens (including phenoxy) is 1. The zero-order valence-corrected chi connectivity index (χ0v) is 12.8. The average molecular weight is 301 g/mol. The highest BCUT2D eigenvalue weighted by molar-refractivity contribution is 6.30. The molecule has 0 bridgehead atoms. The normalized spacial score (nSPS) is 31.5. The highest BCUT2D eigenvalue weighted by atomic mass is 35.5. The summed E-state index contributed by atoms with van der Waals surface area (Å²) in [6.45, 7) is 6.27. The molecule has 1 saturated heterocycles. The van der Waals surface area contributed by atoms with Gasteiger partial charge in [-0.1, -0.05) is 24.6 Å². The summed E-state index contributed by atoms with van der Waals surface area (Å²) in [7, 11) is 0. The molecule has 0 spiro atoms. The highest BCUT2D eigenvalue weighted by Crippen LogP contribution is 2.35. The molecule has 0 amide bonds. The van der Waals surface area contributed by atoms with Crippen molar-refractivity contribution in [3.05, 3.63) is 34.6 Å². The molecule has 0 radical (unpaired) electrons. The van der Waals surface area contributed by atoms with Crippen LogP contribution >= 0.6 is 11.6 Å². The SMILES string of the molecule is CC1OC(C)C(C(Cc2ccc(Cl)cc2F)NN)C1C. The second-order valence-corrected chi connectivity index (χ2v) is 6.13. The minimum Gasteiger partial charge on any atom is -0.375 e. The number of benzene rings is 1. The topological polar surface area (TPSA) is 47.3 Å². The molecule has 0 saturated carbocycles. The van der Waals surface area contributed by atoms with Gasteiger partial charge in [-0.2, -0.15) is 0 Å². The minimum atomic E-state index is -0.287. The maximum atomic E-state index is 13.9. The predicted octanol–water partition coefficient (Wildman–Crippen LogP) is 2.91. The first kappa shape index (κ1) is 15.7. The monoisotopic (exact) mass is 300 g/mol. The average Bonchev–Trinajstić information content (AvgIpc) is 2.63. The summed E-state index contributed by atoms with van der Waals surface area (Å²) < 4.78 is 19.8. The third kappa shape index (κ3) is 3.14. The number of hydrogen-bond acceptors (Lipinski definition) is 3. The number of rotatable bonds is 4. The second kappa shape index (κ2) is 6.39. The summed E-state index contributed by atoms with van der Waals surface area (Å²) in [6.07, 6.45) is 0.826. The van der Waals surface area contributed by atoms with Crippen LogP contribution in [0.2, 0.25) is 5.02 Å². The van der Waals surface area contributed by atoms with E-state index >= 15 is 0 Å². The van der Waals surface area contributed by atoms with E-state index in [0.717, 1.165) is 0 Å². The summed E-state index contributed by atoms with van der Waals surface area (Å²) in [4.78, 5) is 0. The maximum Gasteiger partial charge on any atom is 0.127 e. The van der Waals surface area contributed by atoms with Crippen LogP contribution in [0.5, 0.6) is 0 Å². The van der Waals surface area contributed by atoms with E-state index in [1.54, 1.807) is 12.1 Å². The van der Waals surface area contributed by atoms with Crippen molar-refractivity contribution in [1.29, 1.82) is 0 Å². The van der Waals surface area contributed by atoms with Crippen molar-refractivity contribution >= 4 is 11.6 Å². The van der Waals surface area contributed by atoms with Crippen molar-refractivity contribution in [3.63, 3.8) is 0 Å². The van der Waals surface area contributed by atoms with Crippen LogP contribution < -0.4 is 11.3 Å². The molecule has 1 aromatic rings. The van der Waals surface area contributed by atoms with Crippen LogP contribution in [-0.2, 0) is 11.2 Å². The first-order valence-electron chi connectivity index (χ1n) is 6.99. The van der Waals surface area contributed by atoms with Gasteiger partial charge in [-0.05, 0) is 43.9 Å². The van der Waals surface area contributed by atoms with E-state index < -0.39 is 0 Å². The van der Waals surface area contributed by atoms with Crippen molar-refractivity contribution in [2.75, 3.05) is 0 Å². The van der Waals surface area contributed by atoms with Crippen LogP contribution in [0, 0.1) is 17.7 Å². The van der Waals surface area contributed by atoms with Gasteiger partial charge in [0.25, 0.3) is 0 Å². The Bertz CT molecular complexity index is 471. The molecular weight excluding hydrogens is 279 g/mol. The van der Waals surface area contributed by atoms with Gasteiger partial charge < -0.3 is 4.74 Å². The van der Waals surface area contributed by atoms with Crippen LogP contribution in [-0.4, -0.2) is 18.2 Å². The molecule has 1 fully saturated rings. The predicted molar refractivity (Wildman–Crippen MR) is 78.9 cm³/mol. The lowest BCUT2D eigenvalue weighted by atomic mass is 9.81. The maximum absolute atomic E-state index is 13.9. The van der Waals surface area contributed by atoms with E-state index in [2.05, 4.69) is 19.3 Å². The van der Waals surface area contributed by atoms with Crippen LogP contribution in [0.15, 0.2) is 18.2 Å². The number of nitrogens with two attached hydrogens (primary N) is 1. The van der Waals surface area contributed by atoms with Crippen LogP contribution in [0.3, 0.4) is 0 Å². The molecule has 0 aromatic heterocycles. The van der Waals surface area contributed by atoms with E-state index in [-0.39, 0.29) is 30.0 Å². The highest BCUT2D eigenvalue weighted by Gasteiger charge is 2.41. The summed E-state index contributed by atoms with van der Waals surface area (Å²) in [5.74, 6) is 6.04. The number of hydrazine groups is 1. The Balaban J connectivity index is 2.16. The molecule has 2 rings (SSSR count). The van der Waals surface area contributed by atoms with Gasteiger partial charge in [0.1, 0.15) is 5.82 Å². The molecule has 1 aromatic carbocycles. The van der Waals surface area contributed by atoms with Crippen LogP contribution in [0.4, 0.5) is 4.39 Å². The van der Waals surface area contributed by atoms with Crippen molar-refractivity contribution < 1.29 is 9.13 Å². The quantitative estimate of drug-likeness (QED) is 0.664. The number of hydrogen-bond donors (Lipinski definition) is 2. The van der Waals surface area contributed by atoms with Gasteiger partial charge in [-0.15, -0.1) is 0 Å². The summed E-state index contributed by atoms with van der Waals surface area (Å²) in [5.41, 5.74) is 3.46. The molecule has 5 unspecified atom stereocenters. The fourth-order valence-corrected chi connectivity index (χ4v) is 3.38. The lowest BCUT2D eigenvalue weighted by Gasteiger charge is -2.28. The van der Waals surface area contributed by atoms with Gasteiger partial charge in [0.05, 0.1) is 12.2 Å². The van der Waals surface area contributed by atoms with Gasteiger partial charge in [-0.25, -0.2) is 4.39 Å². The van der Waals surface area contributed by atoms with Gasteiger partial charge in [0.2, 0.25) is 0 Å². The molecule has 0 aliphatic carbocycles. The Kier molecular flexibility index (Phi) is 5.02. The summed E-state index contributed by atoms with van der Waals surface area (Å²) in [5, 5.41) is 0.406. The smallest absolute Gasteiger partial charge is 0.127 e. The van der Waals surface area contributed by atoms with E-state index in [4.69, 9.17) is 22.2 Å². The number of nitrogens with one attached hydrogen (secondary N) is 1. The van der Waals surface area contributed by atoms with Gasteiger partial charge in [0, 0.05) is 17.0 Å². The molecular formula is C15H22ClFN2O. The first-order valence-corrected chi connectivity index (χ1v) is 7.37. The first-order chi connectivity index (χ1) is 9.43. The van der Waals surface area contributed by atoms with Gasteiger partial charge in [0.15, 0.2) is 0 Å². The zero-order valence-electron chi connectivity index (χ0n) is 12.1. The summed E-state index contributed by atoms with van der Waals surface area (Å²) in [6, 6.07) is 4.73. The van der Waals surface area contributed by atoms with E-state index in [1.165, 1.54) is 6.07 Å². The van der Waals surface area contributed by atoms with E-state index in [0.29, 0.717) is 22.9 Å². The van der Waals surface area contributed by atoms with E-state index in [1.807, 2.05) is 6.92 Å². The lowest BCUT2D eigenvalue weighted by molar-refractivity contribution is 0.0475. The Labute approximate surface area is 124 Å². The molecule has 3 N–H and O–H groups in total. The Morgan fingerprint density at radius 3 is 2.55 bits per heavy atom. The number of halogens is 2. The van der Waals surface area contributed by atoms with Crippen molar-refractivity contribution in [1.82, 2.24) is 5.43 Å². The van der Waals surface area contributed by atoms with Crippen molar-refractivity contribution in [2.45, 2.75) is 45.4 Å². The zero-order chi connectivity index (χ0) is 14.9. The lowest BCUT2D eigenvalue weighted by Crippen LogP contribution is -2.46. The second-order valence-electron chi connectivity index (χ2n) is 5.70. The standard InChI is InChI=1S/C15H22ClFN2O/c1-8-9(2)20-10(3)15(8)14(19-18)6-11-4-5-12(16)7-13(11)17/h4-5,7-10,14-15,19H,6,18H2,1-3H3. The molecule has 1 aliphatic rings. The molecule has 112 valence electrons. The Morgan fingerprint density at radius 2 is 2.05 bits per heavy atom. The Morgan fingerprint density at radius 1 is 1.35 bits per heavy atom. The van der Waals surface area contributed by atoms with Gasteiger partial charge in [-0.3, -0.25) is 11.3 Å². The molecule has 1 aliphatic heterocycles. The van der Waals surface area contributed by atoms with Crippen LogP contribution in [0.25, 0.3) is 0 Å². The fraction of sp³-hybridized carbons (Fsp3) is 0.600. The molecule has 1 heterocycles. The molecule has 20 heavy (non-hydrogen) atoms. The minimum absolute atomic E-state index is 0.0272. The van der Waals surface area contributed by atoms with E-state index in [9.17, 15) is 4.39 Å². The fourth-order valence-electron chi connectivity index (χ4n) is 3.22. The van der Waals surface area contributed by atoms with Crippen molar-refractivity contribution in [2.24, 2.45) is 17.7 Å². The van der Waals surface area contributed by atoms with Crippen molar-refractivity contribution in [3.8, 4) is 0 Å². The summed E-state index contributed by atoms with van der Waals surface area (Å²) >= 11 is 5.78. The molecule has 3 nitrogen and oxygen atoms in total. The third-order valence-corrected chi connectivity index (χ3v) is 4.69. The third-order valence-electron chi connectivity index (χ3n) is 4.45. The van der Waals surface area contributed by atoms with Crippen LogP contribution in [0.1, 0.15) is 26.3 Å². The molecule has 5 heteroatoms. The van der Waals surface area contributed by atoms with Gasteiger partial charge >= 0.3 is 0 Å².